The summed E-state index contributed by atoms with van der Waals surface area (Å²) in [6.07, 6.45) is 9.52. The van der Waals surface area contributed by atoms with E-state index in [1.807, 2.05) is 23.5 Å². The summed E-state index contributed by atoms with van der Waals surface area (Å²) in [5.41, 5.74) is 3.32. The molecule has 1 amide bonds. The molecule has 15 nitrogen and oxygen atoms in total. The van der Waals surface area contributed by atoms with Gasteiger partial charge in [0.05, 0.1) is 55.2 Å². The third-order valence-corrected chi connectivity index (χ3v) is 10.4. The molecule has 1 aromatic heterocycles. The highest BCUT2D eigenvalue weighted by atomic mass is 35.5. The molecule has 0 radical (unpaired) electrons. The molecule has 1 atom stereocenters. The highest BCUT2D eigenvalue weighted by molar-refractivity contribution is 8.00. The first kappa shape index (κ1) is 52.3. The predicted molar refractivity (Wildman–Crippen MR) is 226 cm³/mol. The second kappa shape index (κ2) is 27.1. The van der Waals surface area contributed by atoms with Gasteiger partial charge in [-0.3, -0.25) is 34.1 Å². The van der Waals surface area contributed by atoms with Gasteiger partial charge in [0.2, 0.25) is 10.7 Å². The molecular formula is C35H51Cl2FN5O10PS3. The van der Waals surface area contributed by atoms with Crippen molar-refractivity contribution >= 4 is 94.0 Å². The number of hydrogen-bond acceptors (Lipinski definition) is 12. The standard InChI is InChI=1S/C15H15ClFN3O3S2.C14H20ClNO2.C3H8NO5P.C3H9S/c1-23-13(21)8-24-12-7-11(10(17)6-9(12)16)18-14-19-4-2-3-5-20(19)15(22)25-14;1-4-11-7-6-8-12(5-2)14(11)16(10-18-3)13(17)9-15;5-3(6)1-4-2-10(7,8)9;1-4(2)3/h6-7H,2-5,8H2,1H3;6-8H,4-5,9-10H2,1-3H3;4H,1-2H2,(H,5,6)(H2,7,8,9);1-3H3/q;;;+1/p-1. The van der Waals surface area contributed by atoms with E-state index in [4.69, 9.17) is 37.9 Å². The van der Waals surface area contributed by atoms with Crippen LogP contribution >= 0.6 is 53.9 Å². The Balaban J connectivity index is 0.000000443. The van der Waals surface area contributed by atoms with Crippen LogP contribution in [-0.4, -0.2) is 101 Å². The number of thioether (sulfide) groups is 1. The van der Waals surface area contributed by atoms with Crippen molar-refractivity contribution < 1.29 is 47.7 Å². The molecule has 0 aliphatic carbocycles. The molecule has 2 aromatic carbocycles. The topological polar surface area (TPSA) is 205 Å². The molecule has 0 bridgehead atoms. The molecule has 4 rings (SSSR count). The lowest BCUT2D eigenvalue weighted by Crippen LogP contribution is -2.35. The maximum Gasteiger partial charge on any atom is 0.325 e. The van der Waals surface area contributed by atoms with E-state index in [9.17, 15) is 33.0 Å². The van der Waals surface area contributed by atoms with E-state index in [2.05, 4.69) is 42.3 Å². The second-order valence-electron chi connectivity index (χ2n) is 12.2. The summed E-state index contributed by atoms with van der Waals surface area (Å²) in [7, 11) is -0.833. The van der Waals surface area contributed by atoms with E-state index in [-0.39, 0.29) is 39.9 Å². The van der Waals surface area contributed by atoms with Gasteiger partial charge in [0.1, 0.15) is 31.7 Å². The van der Waals surface area contributed by atoms with Crippen LogP contribution in [0.4, 0.5) is 15.8 Å². The summed E-state index contributed by atoms with van der Waals surface area (Å²) in [6, 6.07) is 8.75. The fourth-order valence-electron chi connectivity index (χ4n) is 4.76. The first-order valence-electron chi connectivity index (χ1n) is 17.3. The molecule has 1 aliphatic heterocycles. The van der Waals surface area contributed by atoms with Gasteiger partial charge in [-0.1, -0.05) is 43.6 Å². The average molecular weight is 919 g/mol. The molecule has 0 fully saturated rings. The number of esters is 1. The van der Waals surface area contributed by atoms with Crippen LogP contribution in [0.15, 0.2) is 45.0 Å². The molecule has 3 N–H and O–H groups in total. The van der Waals surface area contributed by atoms with Gasteiger partial charge in [-0.2, -0.15) is 0 Å². The smallest absolute Gasteiger partial charge is 0.325 e. The number of fused-ring (bicyclic) bond motifs is 1. The van der Waals surface area contributed by atoms with Crippen LogP contribution in [0.5, 0.6) is 0 Å². The third kappa shape index (κ3) is 19.3. The Morgan fingerprint density at radius 2 is 1.70 bits per heavy atom. The van der Waals surface area contributed by atoms with Gasteiger partial charge in [0, 0.05) is 25.1 Å². The molecule has 1 unspecified atom stereocenters. The number of ether oxygens (including phenoxy) is 2. The van der Waals surface area contributed by atoms with Crippen LogP contribution in [-0.2, 0) is 65.2 Å². The summed E-state index contributed by atoms with van der Waals surface area (Å²) >= 11 is 13.8. The van der Waals surface area contributed by atoms with Crippen molar-refractivity contribution in [2.24, 2.45) is 4.99 Å². The van der Waals surface area contributed by atoms with Crippen molar-refractivity contribution in [2.75, 3.05) is 69.1 Å². The number of carbonyl (C=O) groups is 3. The Labute approximate surface area is 353 Å². The number of alkyl halides is 1. The van der Waals surface area contributed by atoms with Crippen LogP contribution in [0, 0.1) is 5.82 Å². The van der Waals surface area contributed by atoms with Crippen LogP contribution in [0.25, 0.3) is 0 Å². The van der Waals surface area contributed by atoms with Crippen molar-refractivity contribution in [3.8, 4) is 0 Å². The van der Waals surface area contributed by atoms with E-state index >= 15 is 0 Å². The normalized spacial score (nSPS) is 13.1. The van der Waals surface area contributed by atoms with Crippen LogP contribution in [0.2, 0.25) is 5.02 Å². The summed E-state index contributed by atoms with van der Waals surface area (Å²) in [5, 5.41) is 10.2. The third-order valence-electron chi connectivity index (χ3n) is 7.18. The fourth-order valence-corrected chi connectivity index (χ4v) is 7.29. The number of hydrogen-bond donors (Lipinski definition) is 3. The number of methoxy groups -OCH3 is 2. The molecule has 22 heteroatoms. The number of benzene rings is 2. The fraction of sp³-hybridized carbons (Fsp3) is 0.514. The second-order valence-corrected chi connectivity index (χ2v) is 18.8. The lowest BCUT2D eigenvalue weighted by molar-refractivity contribution is -0.193. The van der Waals surface area contributed by atoms with Crippen molar-refractivity contribution in [2.45, 2.75) is 57.5 Å². The van der Waals surface area contributed by atoms with Gasteiger partial charge < -0.3 is 28.9 Å². The number of amides is 1. The van der Waals surface area contributed by atoms with Gasteiger partial charge in [0.15, 0.2) is 0 Å². The lowest BCUT2D eigenvalue weighted by atomic mass is 10.0. The number of nitrogens with zero attached hydrogens (tertiary/aromatic N) is 4. The number of aliphatic carboxylic acids is 1. The zero-order chi connectivity index (χ0) is 43.3. The summed E-state index contributed by atoms with van der Waals surface area (Å²) in [4.78, 5) is 69.8. The van der Waals surface area contributed by atoms with Gasteiger partial charge in [-0.15, -0.1) is 23.4 Å². The minimum absolute atomic E-state index is 0.0371. The summed E-state index contributed by atoms with van der Waals surface area (Å²) in [6.45, 7) is 5.23. The van der Waals surface area contributed by atoms with Gasteiger partial charge in [0.25, 0.3) is 0 Å². The maximum absolute atomic E-state index is 14.3. The molecule has 0 saturated carbocycles. The lowest BCUT2D eigenvalue weighted by Gasteiger charge is -2.26. The summed E-state index contributed by atoms with van der Waals surface area (Å²) in [5.74, 6) is -2.26. The minimum atomic E-state index is -4.35. The number of carbonyl (C=O) groups excluding carboxylic acids is 2. The first-order chi connectivity index (χ1) is 26.8. The molecule has 0 saturated heterocycles. The van der Waals surface area contributed by atoms with E-state index in [0.29, 0.717) is 33.7 Å². The predicted octanol–water partition coefficient (Wildman–Crippen LogP) is 4.44. The monoisotopic (exact) mass is 917 g/mol. The number of nitrogens with one attached hydrogen (secondary N) is 1. The molecule has 3 aromatic rings. The Hall–Kier alpha value is -2.71. The number of carboxylic acid groups (broad SMARTS) is 1. The number of para-hydroxylation sites is 1. The van der Waals surface area contributed by atoms with Gasteiger partial charge in [-0.05, 0) is 71.2 Å². The van der Waals surface area contributed by atoms with Gasteiger partial charge in [-0.25, -0.2) is 14.1 Å². The van der Waals surface area contributed by atoms with Crippen molar-refractivity contribution in [1.82, 2.24) is 14.7 Å². The van der Waals surface area contributed by atoms with Gasteiger partial charge >= 0.3 is 16.8 Å². The van der Waals surface area contributed by atoms with E-state index in [1.165, 1.54) is 13.2 Å². The number of rotatable bonds is 14. The largest absolute Gasteiger partial charge is 0.778 e. The molecule has 57 heavy (non-hydrogen) atoms. The zero-order valence-electron chi connectivity index (χ0n) is 32.9. The quantitative estimate of drug-likeness (QED) is 0.0513. The van der Waals surface area contributed by atoms with E-state index in [1.54, 1.807) is 21.4 Å². The first-order valence-corrected chi connectivity index (χ1v) is 24.2. The highest BCUT2D eigenvalue weighted by Gasteiger charge is 2.20. The molecule has 1 aliphatic rings. The highest BCUT2D eigenvalue weighted by Crippen LogP contribution is 2.33. The number of aryl methyl sites for hydroxylation is 2. The Kier molecular flexibility index (Phi) is 24.9. The van der Waals surface area contributed by atoms with Crippen LogP contribution in [0.3, 0.4) is 0 Å². The van der Waals surface area contributed by atoms with Crippen molar-refractivity contribution in [3.05, 3.63) is 66.8 Å². The minimum Gasteiger partial charge on any atom is -0.778 e. The number of carboxylic acids is 1. The SMILES string of the molecule is CCc1cccc(CC)c1N(COC)C(=O)CCl.COC(=O)CSc1cc(N=c2sc(=O)n3n2CCCC3)c(F)cc1Cl.C[S+](C)C.O=C(O)CNCP(=O)([O-])O. The molecule has 0 spiro atoms. The zero-order valence-corrected chi connectivity index (χ0v) is 37.8. The number of halogens is 3. The number of anilines is 1. The van der Waals surface area contributed by atoms with Crippen molar-refractivity contribution in [1.29, 1.82) is 0 Å². The van der Waals surface area contributed by atoms with Crippen LogP contribution in [0.1, 0.15) is 37.8 Å². The Morgan fingerprint density at radius 3 is 2.19 bits per heavy atom. The van der Waals surface area contributed by atoms with Crippen LogP contribution < -0.4 is 24.8 Å². The number of aromatic nitrogens is 2. The average Bonchev–Trinajstić information content (AvgIpc) is 3.47. The molecule has 2 heterocycles. The van der Waals surface area contributed by atoms with Crippen molar-refractivity contribution in [3.63, 3.8) is 0 Å². The Morgan fingerprint density at radius 1 is 1.12 bits per heavy atom. The van der Waals surface area contributed by atoms with E-state index in [0.717, 1.165) is 71.7 Å². The molecular weight excluding hydrogens is 867 g/mol. The van der Waals surface area contributed by atoms with E-state index < -0.39 is 38.2 Å². The Bertz CT molecular complexity index is 1920. The maximum atomic E-state index is 14.3. The summed E-state index contributed by atoms with van der Waals surface area (Å²) < 4.78 is 37.3. The molecule has 320 valence electrons.